The number of amides is 1. The Hall–Kier alpha value is -2.47. The van der Waals surface area contributed by atoms with Crippen molar-refractivity contribution in [2.24, 2.45) is 0 Å². The van der Waals surface area contributed by atoms with Crippen molar-refractivity contribution in [3.05, 3.63) is 41.3 Å². The lowest BCUT2D eigenvalue weighted by atomic mass is 9.94. The standard InChI is InChI=1S/C28H37NO8S2/c1-27(2,3)36-25(31)19-35-21-11-9-20(10-12-21)22-13-14-23(38-22)28(15-5-7-17-39(28,32)33)18-24(30)29-37-26-8-4-6-16-34-26/h9-14,26H,4-8,15-19H2,1-3H3,(H,29,30)/t26?,28-/m0/s1. The van der Waals surface area contributed by atoms with Crippen LogP contribution in [-0.4, -0.2) is 51.2 Å². The third-order valence-corrected chi connectivity index (χ3v) is 10.8. The second-order valence-corrected chi connectivity index (χ2v) is 14.5. The summed E-state index contributed by atoms with van der Waals surface area (Å²) in [5.41, 5.74) is 2.73. The molecule has 2 saturated heterocycles. The number of esters is 1. The summed E-state index contributed by atoms with van der Waals surface area (Å²) in [7, 11) is -3.58. The SMILES string of the molecule is CC(C)(C)OC(=O)COc1ccc(-c2ccc([C@@]3(CC(=O)NOC4CCCCO4)CCCCS3(=O)=O)s2)cc1. The molecule has 0 spiro atoms. The Labute approximate surface area is 234 Å². The first-order valence-corrected chi connectivity index (χ1v) is 15.8. The first-order valence-electron chi connectivity index (χ1n) is 13.3. The van der Waals surface area contributed by atoms with Gasteiger partial charge in [0, 0.05) is 22.8 Å². The number of carbonyl (C=O) groups excluding carboxylic acids is 2. The molecule has 9 nitrogen and oxygen atoms in total. The lowest BCUT2D eigenvalue weighted by Gasteiger charge is -2.35. The molecule has 2 atom stereocenters. The number of nitrogens with one attached hydrogen (secondary N) is 1. The van der Waals surface area contributed by atoms with E-state index in [0.29, 0.717) is 36.5 Å². The van der Waals surface area contributed by atoms with Crippen molar-refractivity contribution in [1.82, 2.24) is 5.48 Å². The maximum atomic E-state index is 13.5. The summed E-state index contributed by atoms with van der Waals surface area (Å²) in [5.74, 6) is -0.361. The third-order valence-electron chi connectivity index (χ3n) is 6.70. The van der Waals surface area contributed by atoms with Gasteiger partial charge >= 0.3 is 5.97 Å². The molecule has 0 radical (unpaired) electrons. The fourth-order valence-electron chi connectivity index (χ4n) is 4.81. The molecular formula is C28H37NO8S2. The molecule has 3 heterocycles. The van der Waals surface area contributed by atoms with E-state index in [1.54, 1.807) is 32.9 Å². The number of rotatable bonds is 9. The Morgan fingerprint density at radius 2 is 1.85 bits per heavy atom. The number of carbonyl (C=O) groups is 2. The van der Waals surface area contributed by atoms with Crippen molar-refractivity contribution in [1.29, 1.82) is 0 Å². The zero-order valence-corrected chi connectivity index (χ0v) is 24.3. The van der Waals surface area contributed by atoms with Crippen LogP contribution in [0.1, 0.15) is 70.6 Å². The van der Waals surface area contributed by atoms with Gasteiger partial charge in [-0.2, -0.15) is 0 Å². The van der Waals surface area contributed by atoms with E-state index in [4.69, 9.17) is 19.0 Å². The minimum atomic E-state index is -3.58. The quantitative estimate of drug-likeness (QED) is 0.330. The van der Waals surface area contributed by atoms with Gasteiger partial charge in [-0.3, -0.25) is 4.79 Å². The van der Waals surface area contributed by atoms with Crippen LogP contribution in [-0.2, 0) is 38.5 Å². The first kappa shape index (κ1) is 29.5. The first-order chi connectivity index (χ1) is 18.5. The van der Waals surface area contributed by atoms with E-state index in [1.807, 2.05) is 24.3 Å². The van der Waals surface area contributed by atoms with Gasteiger partial charge < -0.3 is 14.2 Å². The highest BCUT2D eigenvalue weighted by molar-refractivity contribution is 7.92. The largest absolute Gasteiger partial charge is 0.482 e. The number of ether oxygens (including phenoxy) is 3. The van der Waals surface area contributed by atoms with E-state index in [1.165, 1.54) is 11.3 Å². The summed E-state index contributed by atoms with van der Waals surface area (Å²) in [5, 5.41) is 0. The minimum Gasteiger partial charge on any atom is -0.482 e. The van der Waals surface area contributed by atoms with Crippen LogP contribution in [0.3, 0.4) is 0 Å². The molecule has 1 N–H and O–H groups in total. The predicted octanol–water partition coefficient (Wildman–Crippen LogP) is 4.89. The molecule has 2 fully saturated rings. The molecule has 1 amide bonds. The lowest BCUT2D eigenvalue weighted by molar-refractivity contribution is -0.200. The number of benzene rings is 1. The summed E-state index contributed by atoms with van der Waals surface area (Å²) in [6.45, 7) is 5.77. The fraction of sp³-hybridized carbons (Fsp3) is 0.571. The summed E-state index contributed by atoms with van der Waals surface area (Å²) in [6, 6.07) is 10.9. The van der Waals surface area contributed by atoms with Gasteiger partial charge in [-0.1, -0.05) is 6.42 Å². The molecule has 11 heteroatoms. The molecule has 0 bridgehead atoms. The normalized spacial score (nSPS) is 23.1. The van der Waals surface area contributed by atoms with Crippen LogP contribution in [0.25, 0.3) is 10.4 Å². The van der Waals surface area contributed by atoms with Gasteiger partial charge in [0.1, 0.15) is 16.1 Å². The summed E-state index contributed by atoms with van der Waals surface area (Å²) in [6.07, 6.45) is 3.55. The molecule has 0 aliphatic carbocycles. The fourth-order valence-corrected chi connectivity index (χ4v) is 8.60. The molecule has 214 valence electrons. The molecule has 2 aliphatic rings. The van der Waals surface area contributed by atoms with Crippen LogP contribution in [0.2, 0.25) is 0 Å². The second kappa shape index (κ2) is 12.4. The van der Waals surface area contributed by atoms with E-state index in [-0.39, 0.29) is 18.8 Å². The number of sulfone groups is 1. The van der Waals surface area contributed by atoms with Crippen LogP contribution in [0.4, 0.5) is 0 Å². The van der Waals surface area contributed by atoms with Crippen molar-refractivity contribution < 1.29 is 37.1 Å². The molecule has 1 aromatic heterocycles. The Balaban J connectivity index is 1.46. The van der Waals surface area contributed by atoms with Gasteiger partial charge in [0.05, 0.1) is 12.2 Å². The van der Waals surface area contributed by atoms with Crippen LogP contribution in [0, 0.1) is 0 Å². The minimum absolute atomic E-state index is 0.0454. The topological polar surface area (TPSA) is 117 Å². The number of hydrogen-bond donors (Lipinski definition) is 1. The zero-order valence-electron chi connectivity index (χ0n) is 22.7. The van der Waals surface area contributed by atoms with Crippen molar-refractivity contribution in [3.8, 4) is 16.2 Å². The van der Waals surface area contributed by atoms with Crippen molar-refractivity contribution >= 4 is 33.1 Å². The van der Waals surface area contributed by atoms with Gasteiger partial charge in [0.15, 0.2) is 22.7 Å². The Morgan fingerprint density at radius 1 is 1.08 bits per heavy atom. The van der Waals surface area contributed by atoms with Gasteiger partial charge in [-0.25, -0.2) is 23.5 Å². The van der Waals surface area contributed by atoms with Crippen molar-refractivity contribution in [2.75, 3.05) is 19.0 Å². The van der Waals surface area contributed by atoms with E-state index in [0.717, 1.165) is 29.7 Å². The monoisotopic (exact) mass is 579 g/mol. The smallest absolute Gasteiger partial charge is 0.344 e. The lowest BCUT2D eigenvalue weighted by Crippen LogP contribution is -2.45. The molecular weight excluding hydrogens is 542 g/mol. The maximum Gasteiger partial charge on any atom is 0.344 e. The van der Waals surface area contributed by atoms with Gasteiger partial charge in [-0.15, -0.1) is 11.3 Å². The van der Waals surface area contributed by atoms with Crippen LogP contribution in [0.5, 0.6) is 5.75 Å². The van der Waals surface area contributed by atoms with Crippen molar-refractivity contribution in [3.63, 3.8) is 0 Å². The van der Waals surface area contributed by atoms with Gasteiger partial charge in [-0.05, 0) is 88.4 Å². The van der Waals surface area contributed by atoms with E-state index >= 15 is 0 Å². The highest BCUT2D eigenvalue weighted by Crippen LogP contribution is 2.47. The molecule has 4 rings (SSSR count). The van der Waals surface area contributed by atoms with Crippen LogP contribution < -0.4 is 10.2 Å². The molecule has 1 aromatic carbocycles. The van der Waals surface area contributed by atoms with Gasteiger partial charge in [0.2, 0.25) is 5.91 Å². The highest BCUT2D eigenvalue weighted by Gasteiger charge is 2.49. The summed E-state index contributed by atoms with van der Waals surface area (Å²) < 4.78 is 41.9. The third kappa shape index (κ3) is 7.59. The molecule has 0 saturated carbocycles. The van der Waals surface area contributed by atoms with Crippen molar-refractivity contribution in [2.45, 2.75) is 82.4 Å². The van der Waals surface area contributed by atoms with Crippen LogP contribution in [0.15, 0.2) is 36.4 Å². The molecule has 39 heavy (non-hydrogen) atoms. The molecule has 1 unspecified atom stereocenters. The Kier molecular flexibility index (Phi) is 9.36. The van der Waals surface area contributed by atoms with E-state index in [2.05, 4.69) is 5.48 Å². The number of hydroxylamine groups is 1. The summed E-state index contributed by atoms with van der Waals surface area (Å²) in [4.78, 5) is 31.8. The zero-order chi connectivity index (χ0) is 28.1. The number of thiophene rings is 1. The maximum absolute atomic E-state index is 13.5. The molecule has 2 aliphatic heterocycles. The van der Waals surface area contributed by atoms with Gasteiger partial charge in [0.25, 0.3) is 0 Å². The number of hydrogen-bond acceptors (Lipinski definition) is 9. The molecule has 2 aromatic rings. The predicted molar refractivity (Wildman–Crippen MR) is 148 cm³/mol. The Morgan fingerprint density at radius 3 is 2.51 bits per heavy atom. The average molecular weight is 580 g/mol. The van der Waals surface area contributed by atoms with Crippen LogP contribution >= 0.6 is 11.3 Å². The second-order valence-electron chi connectivity index (χ2n) is 10.9. The average Bonchev–Trinajstić information content (AvgIpc) is 3.38. The Bertz CT molecular complexity index is 1240. The van der Waals surface area contributed by atoms with E-state index in [9.17, 15) is 18.0 Å². The van der Waals surface area contributed by atoms with E-state index < -0.39 is 38.4 Å². The highest BCUT2D eigenvalue weighted by atomic mass is 32.2. The summed E-state index contributed by atoms with van der Waals surface area (Å²) >= 11 is 1.37.